The zero-order valence-electron chi connectivity index (χ0n) is 13.6. The Labute approximate surface area is 124 Å². The van der Waals surface area contributed by atoms with E-state index in [1.165, 1.54) is 12.8 Å². The van der Waals surface area contributed by atoms with Crippen LogP contribution in [0.15, 0.2) is 0 Å². The highest BCUT2D eigenvalue weighted by Gasteiger charge is 2.36. The monoisotopic (exact) mass is 278 g/mol. The SMILES string of the molecule is CC(C)C#CCON1CCN(C2CC(C(C)C)C2)CC1. The average molecular weight is 278 g/mol. The number of nitrogens with zero attached hydrogens (tertiary/aromatic N) is 2. The van der Waals surface area contributed by atoms with Gasteiger partial charge in [0, 0.05) is 38.1 Å². The molecule has 1 heterocycles. The van der Waals surface area contributed by atoms with Crippen LogP contribution in [0.25, 0.3) is 0 Å². The van der Waals surface area contributed by atoms with Crippen LogP contribution in [0.4, 0.5) is 0 Å². The van der Waals surface area contributed by atoms with Crippen molar-refractivity contribution in [2.45, 2.75) is 46.6 Å². The van der Waals surface area contributed by atoms with Gasteiger partial charge in [-0.2, -0.15) is 5.06 Å². The predicted molar refractivity (Wildman–Crippen MR) is 83.1 cm³/mol. The fourth-order valence-electron chi connectivity index (χ4n) is 3.04. The molecule has 0 unspecified atom stereocenters. The van der Waals surface area contributed by atoms with Gasteiger partial charge in [-0.05, 0) is 24.7 Å². The smallest absolute Gasteiger partial charge is 0.129 e. The number of rotatable bonds is 4. The molecule has 0 radical (unpaired) electrons. The lowest BCUT2D eigenvalue weighted by Gasteiger charge is -2.47. The quantitative estimate of drug-likeness (QED) is 0.735. The summed E-state index contributed by atoms with van der Waals surface area (Å²) in [4.78, 5) is 8.36. The van der Waals surface area contributed by atoms with Crippen molar-refractivity contribution in [3.05, 3.63) is 0 Å². The van der Waals surface area contributed by atoms with E-state index in [-0.39, 0.29) is 0 Å². The molecular weight excluding hydrogens is 248 g/mol. The van der Waals surface area contributed by atoms with E-state index in [2.05, 4.69) is 49.5 Å². The summed E-state index contributed by atoms with van der Waals surface area (Å²) < 4.78 is 0. The first kappa shape index (κ1) is 15.8. The Morgan fingerprint density at radius 3 is 2.25 bits per heavy atom. The third-order valence-corrected chi connectivity index (χ3v) is 4.59. The maximum absolute atomic E-state index is 5.71. The lowest BCUT2D eigenvalue weighted by atomic mass is 9.73. The summed E-state index contributed by atoms with van der Waals surface area (Å²) in [6.45, 7) is 13.8. The van der Waals surface area contributed by atoms with E-state index in [0.29, 0.717) is 12.5 Å². The van der Waals surface area contributed by atoms with Gasteiger partial charge in [-0.3, -0.25) is 9.74 Å². The standard InChI is InChI=1S/C17H30N2O/c1-14(2)6-5-11-20-19-9-7-18(8-10-19)17-12-16(13-17)15(3)4/h14-17H,7-13H2,1-4H3. The summed E-state index contributed by atoms with van der Waals surface area (Å²) in [6.07, 6.45) is 2.80. The maximum atomic E-state index is 5.71. The van der Waals surface area contributed by atoms with Crippen LogP contribution in [0, 0.1) is 29.6 Å². The molecule has 1 saturated heterocycles. The highest BCUT2D eigenvalue weighted by Crippen LogP contribution is 2.37. The number of hydrogen-bond donors (Lipinski definition) is 0. The van der Waals surface area contributed by atoms with Crippen molar-refractivity contribution in [2.24, 2.45) is 17.8 Å². The van der Waals surface area contributed by atoms with Gasteiger partial charge in [-0.1, -0.05) is 39.5 Å². The Kier molecular flexibility index (Phi) is 5.89. The van der Waals surface area contributed by atoms with E-state index in [1.807, 2.05) is 0 Å². The van der Waals surface area contributed by atoms with Crippen molar-refractivity contribution >= 4 is 0 Å². The molecule has 0 aromatic rings. The van der Waals surface area contributed by atoms with Crippen molar-refractivity contribution in [3.8, 4) is 11.8 Å². The van der Waals surface area contributed by atoms with Crippen molar-refractivity contribution in [3.63, 3.8) is 0 Å². The minimum Gasteiger partial charge on any atom is -0.298 e. The topological polar surface area (TPSA) is 15.7 Å². The lowest BCUT2D eigenvalue weighted by molar-refractivity contribution is -0.172. The van der Waals surface area contributed by atoms with Gasteiger partial charge in [0.25, 0.3) is 0 Å². The molecule has 20 heavy (non-hydrogen) atoms. The van der Waals surface area contributed by atoms with E-state index in [4.69, 9.17) is 4.84 Å². The van der Waals surface area contributed by atoms with Crippen LogP contribution in [0.2, 0.25) is 0 Å². The van der Waals surface area contributed by atoms with E-state index in [1.54, 1.807) is 0 Å². The summed E-state index contributed by atoms with van der Waals surface area (Å²) in [5.74, 6) is 8.46. The van der Waals surface area contributed by atoms with E-state index in [0.717, 1.165) is 44.1 Å². The average Bonchev–Trinajstić information content (AvgIpc) is 2.34. The summed E-state index contributed by atoms with van der Waals surface area (Å²) in [6, 6.07) is 0.838. The van der Waals surface area contributed by atoms with Gasteiger partial charge in [0.1, 0.15) is 6.61 Å². The second kappa shape index (κ2) is 7.45. The molecule has 1 aliphatic heterocycles. The molecule has 114 valence electrons. The fourth-order valence-corrected chi connectivity index (χ4v) is 3.04. The molecule has 2 aliphatic rings. The molecule has 0 amide bonds. The lowest BCUT2D eigenvalue weighted by Crippen LogP contribution is -2.54. The minimum atomic E-state index is 0.433. The van der Waals surface area contributed by atoms with Crippen LogP contribution in [-0.4, -0.2) is 48.8 Å². The first-order valence-corrected chi connectivity index (χ1v) is 8.16. The molecule has 0 N–H and O–H groups in total. The Balaban J connectivity index is 1.60. The summed E-state index contributed by atoms with van der Waals surface area (Å²) >= 11 is 0. The highest BCUT2D eigenvalue weighted by molar-refractivity contribution is 5.01. The molecule has 0 atom stereocenters. The van der Waals surface area contributed by atoms with Crippen LogP contribution in [0.1, 0.15) is 40.5 Å². The van der Waals surface area contributed by atoms with Crippen LogP contribution >= 0.6 is 0 Å². The molecule has 1 saturated carbocycles. The Morgan fingerprint density at radius 1 is 1.05 bits per heavy atom. The van der Waals surface area contributed by atoms with Crippen molar-refractivity contribution in [2.75, 3.05) is 32.8 Å². The number of piperazine rings is 1. The molecule has 2 fully saturated rings. The second-order valence-corrected chi connectivity index (χ2v) is 6.84. The summed E-state index contributed by atoms with van der Waals surface area (Å²) in [5, 5.41) is 2.09. The van der Waals surface area contributed by atoms with Crippen LogP contribution < -0.4 is 0 Å². The highest BCUT2D eigenvalue weighted by atomic mass is 16.7. The second-order valence-electron chi connectivity index (χ2n) is 6.84. The van der Waals surface area contributed by atoms with Gasteiger partial charge >= 0.3 is 0 Å². The van der Waals surface area contributed by atoms with Crippen LogP contribution in [-0.2, 0) is 4.84 Å². The molecule has 0 aromatic carbocycles. The maximum Gasteiger partial charge on any atom is 0.129 e. The Bertz CT molecular complexity index is 342. The molecule has 0 spiro atoms. The molecule has 3 nitrogen and oxygen atoms in total. The largest absolute Gasteiger partial charge is 0.298 e. The third-order valence-electron chi connectivity index (χ3n) is 4.59. The Hall–Kier alpha value is -0.560. The van der Waals surface area contributed by atoms with E-state index in [9.17, 15) is 0 Å². The van der Waals surface area contributed by atoms with Gasteiger partial charge in [-0.25, -0.2) is 0 Å². The molecule has 3 heteroatoms. The van der Waals surface area contributed by atoms with Crippen LogP contribution in [0.5, 0.6) is 0 Å². The summed E-state index contributed by atoms with van der Waals surface area (Å²) in [5.41, 5.74) is 0. The first-order valence-electron chi connectivity index (χ1n) is 8.16. The molecule has 1 aliphatic carbocycles. The summed E-state index contributed by atoms with van der Waals surface area (Å²) in [7, 11) is 0. The molecule has 0 aromatic heterocycles. The molecule has 2 rings (SSSR count). The van der Waals surface area contributed by atoms with Gasteiger partial charge in [0.05, 0.1) is 0 Å². The van der Waals surface area contributed by atoms with E-state index >= 15 is 0 Å². The van der Waals surface area contributed by atoms with Gasteiger partial charge in [0.2, 0.25) is 0 Å². The zero-order chi connectivity index (χ0) is 14.5. The predicted octanol–water partition coefficient (Wildman–Crippen LogP) is 2.63. The first-order chi connectivity index (χ1) is 9.56. The Morgan fingerprint density at radius 2 is 1.70 bits per heavy atom. The number of hydrogen-bond acceptors (Lipinski definition) is 3. The van der Waals surface area contributed by atoms with Crippen LogP contribution in [0.3, 0.4) is 0 Å². The van der Waals surface area contributed by atoms with Crippen molar-refractivity contribution in [1.82, 2.24) is 9.96 Å². The molecular formula is C17H30N2O. The van der Waals surface area contributed by atoms with Gasteiger partial charge in [0.15, 0.2) is 0 Å². The fraction of sp³-hybridized carbons (Fsp3) is 0.882. The minimum absolute atomic E-state index is 0.433. The zero-order valence-corrected chi connectivity index (χ0v) is 13.6. The third kappa shape index (κ3) is 4.48. The number of hydroxylamine groups is 2. The normalized spacial score (nSPS) is 28.3. The van der Waals surface area contributed by atoms with Gasteiger partial charge < -0.3 is 0 Å². The van der Waals surface area contributed by atoms with Crippen molar-refractivity contribution < 1.29 is 4.84 Å². The van der Waals surface area contributed by atoms with Gasteiger partial charge in [-0.15, -0.1) is 0 Å². The molecule has 0 bridgehead atoms. The van der Waals surface area contributed by atoms with Crippen molar-refractivity contribution in [1.29, 1.82) is 0 Å². The van der Waals surface area contributed by atoms with E-state index < -0.39 is 0 Å².